The summed E-state index contributed by atoms with van der Waals surface area (Å²) in [5, 5.41) is 3.56. The molecule has 4 nitrogen and oxygen atoms in total. The summed E-state index contributed by atoms with van der Waals surface area (Å²) in [6.45, 7) is 3.60. The van der Waals surface area contributed by atoms with E-state index in [4.69, 9.17) is 10.5 Å². The largest absolute Gasteiger partial charge is 0.383 e. The Morgan fingerprint density at radius 1 is 1.41 bits per heavy atom. The number of nitrogens with two attached hydrogens (primary N) is 1. The number of aromatic nitrogens is 1. The fourth-order valence-corrected chi connectivity index (χ4v) is 1.88. The van der Waals surface area contributed by atoms with Gasteiger partial charge in [0.2, 0.25) is 0 Å². The average Bonchev–Trinajstić information content (AvgIpc) is 2.37. The van der Waals surface area contributed by atoms with Crippen LogP contribution in [0.1, 0.15) is 31.4 Å². The van der Waals surface area contributed by atoms with Crippen molar-refractivity contribution in [3.8, 4) is 0 Å². The van der Waals surface area contributed by atoms with Crippen LogP contribution in [0.15, 0.2) is 24.5 Å². The molecule has 0 aromatic carbocycles. The van der Waals surface area contributed by atoms with Crippen LogP contribution in [0.2, 0.25) is 0 Å². The lowest BCUT2D eigenvalue weighted by Gasteiger charge is -2.23. The van der Waals surface area contributed by atoms with E-state index in [-0.39, 0.29) is 0 Å². The van der Waals surface area contributed by atoms with Gasteiger partial charge in [0.15, 0.2) is 0 Å². The molecule has 0 aliphatic carbocycles. The first kappa shape index (κ1) is 14.1. The number of methoxy groups -OCH3 is 1. The second-order valence-electron chi connectivity index (χ2n) is 4.25. The molecule has 2 atom stereocenters. The Morgan fingerprint density at radius 3 is 2.71 bits per heavy atom. The molecule has 4 heteroatoms. The third kappa shape index (κ3) is 5.26. The molecule has 0 aliphatic rings. The summed E-state index contributed by atoms with van der Waals surface area (Å²) in [4.78, 5) is 4.02. The van der Waals surface area contributed by atoms with E-state index in [0.29, 0.717) is 12.1 Å². The topological polar surface area (TPSA) is 60.2 Å². The minimum atomic E-state index is 0.302. The lowest BCUT2D eigenvalue weighted by atomic mass is 10.1. The Labute approximate surface area is 104 Å². The summed E-state index contributed by atoms with van der Waals surface area (Å²) in [7, 11) is 1.73. The van der Waals surface area contributed by atoms with Crippen LogP contribution in [-0.2, 0) is 4.74 Å². The van der Waals surface area contributed by atoms with Crippen molar-refractivity contribution in [1.29, 1.82) is 0 Å². The molecule has 1 aromatic heterocycles. The molecule has 0 radical (unpaired) electrons. The standard InChI is InChI=1S/C13H23N3O/c1-11(12-5-8-15-9-6-12)16-13(10-17-2)4-3-7-14/h5-6,8-9,11,13,16H,3-4,7,10,14H2,1-2H3/t11-,13?/m0/s1. The normalized spacial score (nSPS) is 14.5. The summed E-state index contributed by atoms with van der Waals surface area (Å²) in [6.07, 6.45) is 5.70. The molecule has 0 saturated carbocycles. The molecular weight excluding hydrogens is 214 g/mol. The van der Waals surface area contributed by atoms with Crippen LogP contribution in [-0.4, -0.2) is 31.3 Å². The van der Waals surface area contributed by atoms with Crippen LogP contribution < -0.4 is 11.1 Å². The molecule has 0 saturated heterocycles. The molecule has 96 valence electrons. The van der Waals surface area contributed by atoms with E-state index >= 15 is 0 Å². The average molecular weight is 237 g/mol. The van der Waals surface area contributed by atoms with E-state index < -0.39 is 0 Å². The summed E-state index contributed by atoms with van der Waals surface area (Å²) in [6, 6.07) is 4.72. The van der Waals surface area contributed by atoms with E-state index in [2.05, 4.69) is 17.2 Å². The Bertz CT molecular complexity index is 292. The van der Waals surface area contributed by atoms with Gasteiger partial charge in [0, 0.05) is 31.6 Å². The van der Waals surface area contributed by atoms with E-state index in [0.717, 1.165) is 26.0 Å². The highest BCUT2D eigenvalue weighted by Gasteiger charge is 2.12. The van der Waals surface area contributed by atoms with Crippen molar-refractivity contribution in [3.63, 3.8) is 0 Å². The summed E-state index contributed by atoms with van der Waals surface area (Å²) < 4.78 is 5.22. The molecule has 0 fully saturated rings. The van der Waals surface area contributed by atoms with Crippen LogP contribution in [0.25, 0.3) is 0 Å². The van der Waals surface area contributed by atoms with Crippen molar-refractivity contribution in [3.05, 3.63) is 30.1 Å². The molecule has 3 N–H and O–H groups in total. The fraction of sp³-hybridized carbons (Fsp3) is 0.615. The first-order valence-corrected chi connectivity index (χ1v) is 6.13. The van der Waals surface area contributed by atoms with E-state index in [9.17, 15) is 0 Å². The molecule has 1 aromatic rings. The van der Waals surface area contributed by atoms with Crippen LogP contribution in [0, 0.1) is 0 Å². The van der Waals surface area contributed by atoms with E-state index in [1.165, 1.54) is 5.56 Å². The highest BCUT2D eigenvalue weighted by molar-refractivity contribution is 5.14. The van der Waals surface area contributed by atoms with Crippen molar-refractivity contribution in [2.45, 2.75) is 31.8 Å². The molecule has 17 heavy (non-hydrogen) atoms. The van der Waals surface area contributed by atoms with Crippen LogP contribution in [0.4, 0.5) is 0 Å². The van der Waals surface area contributed by atoms with Gasteiger partial charge in [-0.3, -0.25) is 4.98 Å². The zero-order chi connectivity index (χ0) is 12.5. The zero-order valence-corrected chi connectivity index (χ0v) is 10.7. The number of nitrogens with one attached hydrogen (secondary N) is 1. The molecule has 1 rings (SSSR count). The van der Waals surface area contributed by atoms with Gasteiger partial charge in [-0.05, 0) is 44.0 Å². The Kier molecular flexibility index (Phi) is 6.77. The number of hydrogen-bond acceptors (Lipinski definition) is 4. The second kappa shape index (κ2) is 8.17. The molecule has 0 spiro atoms. The predicted molar refractivity (Wildman–Crippen MR) is 69.7 cm³/mol. The highest BCUT2D eigenvalue weighted by Crippen LogP contribution is 2.12. The van der Waals surface area contributed by atoms with Gasteiger partial charge in [-0.1, -0.05) is 0 Å². The number of hydrogen-bond donors (Lipinski definition) is 2. The van der Waals surface area contributed by atoms with Crippen molar-refractivity contribution in [2.24, 2.45) is 5.73 Å². The zero-order valence-electron chi connectivity index (χ0n) is 10.7. The molecule has 1 unspecified atom stereocenters. The van der Waals surface area contributed by atoms with Gasteiger partial charge in [0.25, 0.3) is 0 Å². The van der Waals surface area contributed by atoms with Gasteiger partial charge in [-0.2, -0.15) is 0 Å². The van der Waals surface area contributed by atoms with Gasteiger partial charge in [-0.15, -0.1) is 0 Å². The van der Waals surface area contributed by atoms with Crippen LogP contribution >= 0.6 is 0 Å². The maximum Gasteiger partial charge on any atom is 0.0616 e. The van der Waals surface area contributed by atoms with E-state index in [1.807, 2.05) is 24.5 Å². The summed E-state index contributed by atoms with van der Waals surface area (Å²) >= 11 is 0. The Morgan fingerprint density at radius 2 is 2.12 bits per heavy atom. The van der Waals surface area contributed by atoms with Gasteiger partial charge in [0.1, 0.15) is 0 Å². The number of nitrogens with zero attached hydrogens (tertiary/aromatic N) is 1. The predicted octanol–water partition coefficient (Wildman–Crippen LogP) is 1.49. The monoisotopic (exact) mass is 237 g/mol. The van der Waals surface area contributed by atoms with Gasteiger partial charge >= 0.3 is 0 Å². The molecule has 0 aliphatic heterocycles. The van der Waals surface area contributed by atoms with Gasteiger partial charge in [-0.25, -0.2) is 0 Å². The maximum absolute atomic E-state index is 5.54. The number of pyridine rings is 1. The second-order valence-corrected chi connectivity index (χ2v) is 4.25. The van der Waals surface area contributed by atoms with Crippen molar-refractivity contribution >= 4 is 0 Å². The van der Waals surface area contributed by atoms with Crippen molar-refractivity contribution < 1.29 is 4.74 Å². The van der Waals surface area contributed by atoms with Gasteiger partial charge in [0.05, 0.1) is 6.61 Å². The Hall–Kier alpha value is -0.970. The lowest BCUT2D eigenvalue weighted by Crippen LogP contribution is -2.35. The lowest BCUT2D eigenvalue weighted by molar-refractivity contribution is 0.156. The maximum atomic E-state index is 5.54. The Balaban J connectivity index is 2.48. The van der Waals surface area contributed by atoms with Crippen LogP contribution in [0.5, 0.6) is 0 Å². The number of rotatable bonds is 8. The smallest absolute Gasteiger partial charge is 0.0616 e. The van der Waals surface area contributed by atoms with E-state index in [1.54, 1.807) is 7.11 Å². The molecule has 0 amide bonds. The minimum Gasteiger partial charge on any atom is -0.383 e. The molecule has 0 bridgehead atoms. The van der Waals surface area contributed by atoms with Crippen molar-refractivity contribution in [2.75, 3.05) is 20.3 Å². The van der Waals surface area contributed by atoms with Crippen LogP contribution in [0.3, 0.4) is 0 Å². The third-order valence-electron chi connectivity index (χ3n) is 2.82. The minimum absolute atomic E-state index is 0.302. The van der Waals surface area contributed by atoms with Gasteiger partial charge < -0.3 is 15.8 Å². The number of ether oxygens (including phenoxy) is 1. The van der Waals surface area contributed by atoms with Crippen molar-refractivity contribution in [1.82, 2.24) is 10.3 Å². The first-order chi connectivity index (χ1) is 8.27. The third-order valence-corrected chi connectivity index (χ3v) is 2.82. The first-order valence-electron chi connectivity index (χ1n) is 6.13. The molecule has 1 heterocycles. The summed E-state index contributed by atoms with van der Waals surface area (Å²) in [5.74, 6) is 0. The fourth-order valence-electron chi connectivity index (χ4n) is 1.88. The quantitative estimate of drug-likeness (QED) is 0.719. The highest BCUT2D eigenvalue weighted by atomic mass is 16.5. The summed E-state index contributed by atoms with van der Waals surface area (Å²) in [5.41, 5.74) is 6.78. The molecular formula is C13H23N3O. The SMILES string of the molecule is COCC(CCCN)N[C@@H](C)c1ccncc1.